The Hall–Kier alpha value is -0.530. The molecule has 0 N–H and O–H groups in total. The molecule has 0 aromatic carbocycles. The predicted octanol–water partition coefficient (Wildman–Crippen LogP) is 3.42. The summed E-state index contributed by atoms with van der Waals surface area (Å²) in [5.74, 6) is 0.00914. The van der Waals surface area contributed by atoms with Crippen molar-refractivity contribution in [2.24, 2.45) is 0 Å². The van der Waals surface area contributed by atoms with Crippen LogP contribution >= 0.6 is 0 Å². The van der Waals surface area contributed by atoms with E-state index in [0.29, 0.717) is 6.04 Å². The van der Waals surface area contributed by atoms with E-state index in [9.17, 15) is 4.79 Å². The van der Waals surface area contributed by atoms with Crippen molar-refractivity contribution in [2.75, 3.05) is 0 Å². The summed E-state index contributed by atoms with van der Waals surface area (Å²) in [5.41, 5.74) is 0. The largest absolute Gasteiger partial charge is 0.273 e. The number of carbonyl (C=O) groups is 1. The molecule has 0 aromatic heterocycles. The van der Waals surface area contributed by atoms with Gasteiger partial charge in [-0.15, -0.1) is 0 Å². The summed E-state index contributed by atoms with van der Waals surface area (Å²) in [5, 5.41) is 4.20. The van der Waals surface area contributed by atoms with Crippen molar-refractivity contribution in [1.29, 1.82) is 0 Å². The summed E-state index contributed by atoms with van der Waals surface area (Å²) in [4.78, 5) is 11.0. The molecule has 1 amide bonds. The van der Waals surface area contributed by atoms with E-state index in [2.05, 4.69) is 5.32 Å². The zero-order valence-electron chi connectivity index (χ0n) is 10.0. The Balaban J connectivity index is 2.28. The van der Waals surface area contributed by atoms with Crippen LogP contribution in [0.1, 0.15) is 71.1 Å². The number of rotatable bonds is 1. The SMILES string of the molecule is CC(=O)[N]C1CCCCCCCCCC1. The third-order valence-electron chi connectivity index (χ3n) is 3.19. The van der Waals surface area contributed by atoms with Gasteiger partial charge in [0.25, 0.3) is 0 Å². The lowest BCUT2D eigenvalue weighted by molar-refractivity contribution is -0.120. The number of carbonyl (C=O) groups excluding carboxylic acids is 1. The topological polar surface area (TPSA) is 31.2 Å². The molecule has 0 saturated heterocycles. The highest BCUT2D eigenvalue weighted by molar-refractivity contribution is 5.72. The van der Waals surface area contributed by atoms with Crippen molar-refractivity contribution >= 4 is 5.91 Å². The molecule has 15 heavy (non-hydrogen) atoms. The fourth-order valence-corrected chi connectivity index (χ4v) is 2.35. The van der Waals surface area contributed by atoms with Crippen LogP contribution in [0.3, 0.4) is 0 Å². The summed E-state index contributed by atoms with van der Waals surface area (Å²) in [6.07, 6.45) is 12.9. The Morgan fingerprint density at radius 2 is 1.27 bits per heavy atom. The number of amides is 1. The average molecular weight is 210 g/mol. The van der Waals surface area contributed by atoms with Crippen LogP contribution in [0, 0.1) is 0 Å². The van der Waals surface area contributed by atoms with E-state index in [1.807, 2.05) is 0 Å². The Bertz CT molecular complexity index is 167. The number of nitrogens with zero attached hydrogens (tertiary/aromatic N) is 1. The molecule has 0 heterocycles. The van der Waals surface area contributed by atoms with Crippen LogP contribution in [-0.4, -0.2) is 11.9 Å². The van der Waals surface area contributed by atoms with E-state index in [4.69, 9.17) is 0 Å². The first kappa shape index (κ1) is 12.5. The first-order chi connectivity index (χ1) is 7.29. The van der Waals surface area contributed by atoms with Gasteiger partial charge in [0.15, 0.2) is 0 Å². The molecule has 1 saturated carbocycles. The smallest absolute Gasteiger partial charge is 0.238 e. The van der Waals surface area contributed by atoms with Gasteiger partial charge >= 0.3 is 0 Å². The zero-order valence-corrected chi connectivity index (χ0v) is 10.0. The van der Waals surface area contributed by atoms with Crippen LogP contribution in [0.5, 0.6) is 0 Å². The van der Waals surface area contributed by atoms with E-state index in [0.717, 1.165) is 12.8 Å². The van der Waals surface area contributed by atoms with Crippen LogP contribution in [0.4, 0.5) is 0 Å². The molecule has 0 spiro atoms. The minimum Gasteiger partial charge on any atom is -0.273 e. The van der Waals surface area contributed by atoms with Gasteiger partial charge in [-0.3, -0.25) is 4.79 Å². The van der Waals surface area contributed by atoms with E-state index in [-0.39, 0.29) is 5.91 Å². The fourth-order valence-electron chi connectivity index (χ4n) is 2.35. The molecule has 1 radical (unpaired) electrons. The highest BCUT2D eigenvalue weighted by Crippen LogP contribution is 2.17. The maximum atomic E-state index is 11.0. The summed E-state index contributed by atoms with van der Waals surface area (Å²) in [7, 11) is 0. The zero-order chi connectivity index (χ0) is 10.9. The van der Waals surface area contributed by atoms with Gasteiger partial charge in [-0.2, -0.15) is 0 Å². The predicted molar refractivity (Wildman–Crippen MR) is 62.8 cm³/mol. The molecule has 2 heteroatoms. The van der Waals surface area contributed by atoms with E-state index in [1.165, 1.54) is 51.4 Å². The van der Waals surface area contributed by atoms with Crippen LogP contribution in [0.15, 0.2) is 0 Å². The number of hydrogen-bond acceptors (Lipinski definition) is 1. The van der Waals surface area contributed by atoms with Crippen LogP contribution in [0.25, 0.3) is 0 Å². The quantitative estimate of drug-likeness (QED) is 0.652. The van der Waals surface area contributed by atoms with Gasteiger partial charge in [-0.25, -0.2) is 5.32 Å². The number of hydrogen-bond donors (Lipinski definition) is 0. The minimum absolute atomic E-state index is 0.00914. The van der Waals surface area contributed by atoms with E-state index in [1.54, 1.807) is 6.92 Å². The molecule has 1 rings (SSSR count). The first-order valence-electron chi connectivity index (χ1n) is 6.50. The molecule has 2 nitrogen and oxygen atoms in total. The monoisotopic (exact) mass is 210 g/mol. The molecular formula is C13H24NO. The summed E-state index contributed by atoms with van der Waals surface area (Å²) >= 11 is 0. The lowest BCUT2D eigenvalue weighted by atomic mass is 10.0. The molecule has 87 valence electrons. The molecule has 0 aromatic rings. The van der Waals surface area contributed by atoms with Gasteiger partial charge in [0, 0.05) is 6.92 Å². The normalized spacial score (nSPS) is 21.7. The van der Waals surface area contributed by atoms with Crippen LogP contribution in [-0.2, 0) is 4.79 Å². The van der Waals surface area contributed by atoms with Crippen molar-refractivity contribution in [1.82, 2.24) is 5.32 Å². The second-order valence-corrected chi connectivity index (χ2v) is 4.71. The molecule has 0 aliphatic heterocycles. The maximum absolute atomic E-state index is 11.0. The lowest BCUT2D eigenvalue weighted by Gasteiger charge is -2.14. The molecule has 1 fully saturated rings. The Morgan fingerprint density at radius 3 is 1.67 bits per heavy atom. The van der Waals surface area contributed by atoms with Gasteiger partial charge in [-0.1, -0.05) is 51.4 Å². The third-order valence-corrected chi connectivity index (χ3v) is 3.19. The van der Waals surface area contributed by atoms with Crippen molar-refractivity contribution in [2.45, 2.75) is 77.2 Å². The molecule has 0 bridgehead atoms. The first-order valence-corrected chi connectivity index (χ1v) is 6.50. The molecule has 0 atom stereocenters. The van der Waals surface area contributed by atoms with Gasteiger partial charge < -0.3 is 0 Å². The highest BCUT2D eigenvalue weighted by atomic mass is 16.1. The minimum atomic E-state index is 0.00914. The van der Waals surface area contributed by atoms with Gasteiger partial charge in [0.05, 0.1) is 6.04 Å². The molecule has 1 aliphatic rings. The fraction of sp³-hybridized carbons (Fsp3) is 0.923. The van der Waals surface area contributed by atoms with E-state index >= 15 is 0 Å². The average Bonchev–Trinajstić information content (AvgIpc) is 2.23. The molecular weight excluding hydrogens is 186 g/mol. The van der Waals surface area contributed by atoms with E-state index < -0.39 is 0 Å². The van der Waals surface area contributed by atoms with Crippen LogP contribution in [0.2, 0.25) is 0 Å². The summed E-state index contributed by atoms with van der Waals surface area (Å²) < 4.78 is 0. The standard InChI is InChI=1S/C13H24NO/c1-12(15)14-13-10-8-6-4-2-3-5-7-9-11-13/h13H,2-11H2,1H3. The van der Waals surface area contributed by atoms with Crippen molar-refractivity contribution < 1.29 is 4.79 Å². The second kappa shape index (κ2) is 7.72. The van der Waals surface area contributed by atoms with Crippen LogP contribution < -0.4 is 5.32 Å². The Labute approximate surface area is 93.8 Å². The molecule has 0 unspecified atom stereocenters. The van der Waals surface area contributed by atoms with Gasteiger partial charge in [0.1, 0.15) is 0 Å². The summed E-state index contributed by atoms with van der Waals surface area (Å²) in [6, 6.07) is 0.320. The summed E-state index contributed by atoms with van der Waals surface area (Å²) in [6.45, 7) is 1.57. The van der Waals surface area contributed by atoms with Crippen molar-refractivity contribution in [3.8, 4) is 0 Å². The Morgan fingerprint density at radius 1 is 0.867 bits per heavy atom. The van der Waals surface area contributed by atoms with Gasteiger partial charge in [0.2, 0.25) is 5.91 Å². The third kappa shape index (κ3) is 6.53. The van der Waals surface area contributed by atoms with Gasteiger partial charge in [-0.05, 0) is 12.8 Å². The second-order valence-electron chi connectivity index (χ2n) is 4.71. The highest BCUT2D eigenvalue weighted by Gasteiger charge is 2.11. The molecule has 1 aliphatic carbocycles. The maximum Gasteiger partial charge on any atom is 0.238 e. The van der Waals surface area contributed by atoms with Crippen molar-refractivity contribution in [3.63, 3.8) is 0 Å². The van der Waals surface area contributed by atoms with Crippen molar-refractivity contribution in [3.05, 3.63) is 0 Å². The lowest BCUT2D eigenvalue weighted by Crippen LogP contribution is -2.25. The Kier molecular flexibility index (Phi) is 6.45.